The molecule has 0 unspecified atom stereocenters. The molecule has 0 aromatic carbocycles. The Balaban J connectivity index is 3.96. The average Bonchev–Trinajstić information content (AvgIpc) is 1.87. The van der Waals surface area contributed by atoms with E-state index in [-0.39, 0.29) is 0 Å². The molecule has 0 saturated heterocycles. The van der Waals surface area contributed by atoms with E-state index in [2.05, 4.69) is 13.2 Å². The summed E-state index contributed by atoms with van der Waals surface area (Å²) in [6.07, 6.45) is 0. The van der Waals surface area contributed by atoms with Gasteiger partial charge in [0.1, 0.15) is 0 Å². The molecular formula is C8H13NO2. The van der Waals surface area contributed by atoms with Crippen LogP contribution in [0.1, 0.15) is 6.92 Å². The molecule has 0 spiro atoms. The van der Waals surface area contributed by atoms with Crippen LogP contribution in [0.5, 0.6) is 0 Å². The second-order valence-corrected chi connectivity index (χ2v) is 2.46. The summed E-state index contributed by atoms with van der Waals surface area (Å²) in [5.74, 6) is -0.123. The fourth-order valence-electron chi connectivity index (χ4n) is 0.285. The fraction of sp³-hybridized carbons (Fsp3) is 0.375. The van der Waals surface area contributed by atoms with Crippen molar-refractivity contribution in [3.63, 3.8) is 0 Å². The molecule has 0 N–H and O–H groups in total. The number of carbonyl (C=O) groups excluding carboxylic acids is 1. The van der Waals surface area contributed by atoms with Crippen molar-refractivity contribution in [3.05, 3.63) is 24.6 Å². The Morgan fingerprint density at radius 1 is 1.36 bits per heavy atom. The van der Waals surface area contributed by atoms with Gasteiger partial charge in [-0.3, -0.25) is 0 Å². The van der Waals surface area contributed by atoms with Gasteiger partial charge in [-0.05, 0) is 13.5 Å². The maximum Gasteiger partial charge on any atom is 0.339 e. The van der Waals surface area contributed by atoms with Crippen LogP contribution in [0.4, 0.5) is 0 Å². The molecule has 0 fully saturated rings. The van der Waals surface area contributed by atoms with Crippen LogP contribution in [0.15, 0.2) is 24.6 Å². The van der Waals surface area contributed by atoms with Crippen LogP contribution < -0.4 is 0 Å². The van der Waals surface area contributed by atoms with Crippen LogP contribution in [0.3, 0.4) is 0 Å². The second kappa shape index (κ2) is 3.81. The van der Waals surface area contributed by atoms with Gasteiger partial charge in [-0.25, -0.2) is 4.79 Å². The third kappa shape index (κ3) is 3.45. The maximum atomic E-state index is 10.8. The van der Waals surface area contributed by atoms with Gasteiger partial charge in [-0.15, -0.1) is 0 Å². The Labute approximate surface area is 66.9 Å². The van der Waals surface area contributed by atoms with E-state index >= 15 is 0 Å². The number of rotatable bonds is 3. The number of esters is 1. The minimum atomic E-state index is -0.441. The van der Waals surface area contributed by atoms with Gasteiger partial charge in [-0.1, -0.05) is 6.58 Å². The molecule has 0 heterocycles. The topological polar surface area (TPSA) is 29.5 Å². The quantitative estimate of drug-likeness (QED) is 0.348. The first-order valence-corrected chi connectivity index (χ1v) is 3.19. The van der Waals surface area contributed by atoms with E-state index in [1.807, 2.05) is 0 Å². The van der Waals surface area contributed by atoms with Crippen molar-refractivity contribution in [1.29, 1.82) is 0 Å². The molecule has 0 saturated carbocycles. The zero-order valence-corrected chi connectivity index (χ0v) is 7.18. The molecule has 3 heteroatoms. The predicted molar refractivity (Wildman–Crippen MR) is 43.7 cm³/mol. The van der Waals surface area contributed by atoms with Crippen molar-refractivity contribution in [1.82, 2.24) is 4.90 Å². The zero-order valence-electron chi connectivity index (χ0n) is 7.18. The Morgan fingerprint density at radius 2 is 1.82 bits per heavy atom. The predicted octanol–water partition coefficient (Wildman–Crippen LogP) is 1.14. The van der Waals surface area contributed by atoms with Gasteiger partial charge in [-0.2, -0.15) is 0 Å². The molecule has 0 aliphatic carbocycles. The van der Waals surface area contributed by atoms with Gasteiger partial charge < -0.3 is 9.64 Å². The number of carbonyl (C=O) groups is 1. The highest BCUT2D eigenvalue weighted by molar-refractivity contribution is 5.87. The summed E-state index contributed by atoms with van der Waals surface area (Å²) in [6.45, 7) is 8.54. The standard InChI is InChI=1S/C8H13NO2/c1-6(2)8(10)11-7(3)9(4)5/h1,3H2,2,4-5H3. The Hall–Kier alpha value is -1.25. The number of hydrogen-bond donors (Lipinski definition) is 0. The lowest BCUT2D eigenvalue weighted by atomic mass is 10.4. The van der Waals surface area contributed by atoms with E-state index in [4.69, 9.17) is 4.74 Å². The minimum Gasteiger partial charge on any atom is -0.407 e. The van der Waals surface area contributed by atoms with Crippen molar-refractivity contribution >= 4 is 5.97 Å². The largest absolute Gasteiger partial charge is 0.407 e. The normalized spacial score (nSPS) is 8.64. The summed E-state index contributed by atoms with van der Waals surface area (Å²) in [7, 11) is 3.49. The zero-order chi connectivity index (χ0) is 9.02. The molecule has 0 atom stereocenters. The first kappa shape index (κ1) is 9.75. The average molecular weight is 155 g/mol. The van der Waals surface area contributed by atoms with Crippen molar-refractivity contribution in [2.75, 3.05) is 14.1 Å². The molecule has 3 nitrogen and oxygen atoms in total. The summed E-state index contributed by atoms with van der Waals surface area (Å²) in [5.41, 5.74) is 0.369. The summed E-state index contributed by atoms with van der Waals surface area (Å²) >= 11 is 0. The molecule has 0 aromatic heterocycles. The van der Waals surface area contributed by atoms with E-state index in [0.717, 1.165) is 0 Å². The maximum absolute atomic E-state index is 10.8. The van der Waals surface area contributed by atoms with Gasteiger partial charge in [0.25, 0.3) is 0 Å². The van der Waals surface area contributed by atoms with Crippen LogP contribution in [0, 0.1) is 0 Å². The van der Waals surface area contributed by atoms with Crippen molar-refractivity contribution in [2.24, 2.45) is 0 Å². The lowest BCUT2D eigenvalue weighted by Gasteiger charge is -2.14. The van der Waals surface area contributed by atoms with Gasteiger partial charge in [0, 0.05) is 19.7 Å². The Kier molecular flexibility index (Phi) is 3.37. The van der Waals surface area contributed by atoms with Crippen LogP contribution in [-0.4, -0.2) is 25.0 Å². The van der Waals surface area contributed by atoms with E-state index in [0.29, 0.717) is 11.5 Å². The van der Waals surface area contributed by atoms with E-state index < -0.39 is 5.97 Å². The summed E-state index contributed by atoms with van der Waals surface area (Å²) < 4.78 is 4.77. The highest BCUT2D eigenvalue weighted by Crippen LogP contribution is 2.01. The molecule has 0 amide bonds. The van der Waals surface area contributed by atoms with Crippen molar-refractivity contribution in [2.45, 2.75) is 6.92 Å². The highest BCUT2D eigenvalue weighted by Gasteiger charge is 2.06. The number of ether oxygens (including phenoxy) is 1. The molecule has 62 valence electrons. The molecule has 0 bridgehead atoms. The SMILES string of the molecule is C=C(C)C(=O)OC(=C)N(C)C. The van der Waals surface area contributed by atoms with Crippen molar-refractivity contribution in [3.8, 4) is 0 Å². The van der Waals surface area contributed by atoms with E-state index in [9.17, 15) is 4.79 Å². The highest BCUT2D eigenvalue weighted by atomic mass is 16.5. The first-order chi connectivity index (χ1) is 4.95. The van der Waals surface area contributed by atoms with Crippen LogP contribution >= 0.6 is 0 Å². The summed E-state index contributed by atoms with van der Waals surface area (Å²) in [6, 6.07) is 0. The number of nitrogens with zero attached hydrogens (tertiary/aromatic N) is 1. The molecule has 0 aliphatic heterocycles. The third-order valence-corrected chi connectivity index (χ3v) is 1.06. The number of hydrogen-bond acceptors (Lipinski definition) is 3. The molecule has 0 aromatic rings. The Bertz CT molecular complexity index is 194. The van der Waals surface area contributed by atoms with Gasteiger partial charge >= 0.3 is 5.97 Å². The van der Waals surface area contributed by atoms with Crippen LogP contribution in [0.25, 0.3) is 0 Å². The monoisotopic (exact) mass is 155 g/mol. The molecule has 0 aliphatic rings. The Morgan fingerprint density at radius 3 is 2.09 bits per heavy atom. The summed E-state index contributed by atoms with van der Waals surface area (Å²) in [5, 5.41) is 0. The molecule has 0 radical (unpaired) electrons. The fourth-order valence-corrected chi connectivity index (χ4v) is 0.285. The second-order valence-electron chi connectivity index (χ2n) is 2.46. The molecule has 0 rings (SSSR count). The molecular weight excluding hydrogens is 142 g/mol. The smallest absolute Gasteiger partial charge is 0.339 e. The van der Waals surface area contributed by atoms with Gasteiger partial charge in [0.15, 0.2) is 5.88 Å². The first-order valence-electron chi connectivity index (χ1n) is 3.19. The lowest BCUT2D eigenvalue weighted by molar-refractivity contribution is -0.136. The third-order valence-electron chi connectivity index (χ3n) is 1.06. The van der Waals surface area contributed by atoms with E-state index in [1.54, 1.807) is 25.9 Å². The van der Waals surface area contributed by atoms with Crippen LogP contribution in [0.2, 0.25) is 0 Å². The summed E-state index contributed by atoms with van der Waals surface area (Å²) in [4.78, 5) is 12.5. The minimum absolute atomic E-state index is 0.318. The van der Waals surface area contributed by atoms with Crippen molar-refractivity contribution < 1.29 is 9.53 Å². The molecule has 11 heavy (non-hydrogen) atoms. The van der Waals surface area contributed by atoms with Gasteiger partial charge in [0.2, 0.25) is 0 Å². The van der Waals surface area contributed by atoms with Gasteiger partial charge in [0.05, 0.1) is 0 Å². The van der Waals surface area contributed by atoms with Crippen LogP contribution in [-0.2, 0) is 9.53 Å². The lowest BCUT2D eigenvalue weighted by Crippen LogP contribution is -2.16. The van der Waals surface area contributed by atoms with E-state index in [1.165, 1.54) is 0 Å².